The Morgan fingerprint density at radius 1 is 0.880 bits per heavy atom. The molecule has 0 amide bonds. The zero-order chi connectivity index (χ0) is 19.4. The quantitative estimate of drug-likeness (QED) is 0.519. The van der Waals surface area contributed by atoms with Crippen molar-refractivity contribution in [1.29, 1.82) is 0 Å². The Labute approximate surface area is 158 Å². The van der Waals surface area contributed by atoms with Crippen LogP contribution in [0.1, 0.15) is 106 Å². The lowest BCUT2D eigenvalue weighted by atomic mass is 9.92. The van der Waals surface area contributed by atoms with E-state index in [4.69, 9.17) is 4.74 Å². The van der Waals surface area contributed by atoms with Crippen molar-refractivity contribution in [3.05, 3.63) is 30.1 Å². The lowest BCUT2D eigenvalue weighted by Gasteiger charge is -2.33. The number of aromatic nitrogens is 1. The highest BCUT2D eigenvalue weighted by molar-refractivity contribution is 5.02. The van der Waals surface area contributed by atoms with Gasteiger partial charge >= 0.3 is 0 Å². The number of nitrogens with zero attached hydrogens (tertiary/aromatic N) is 1. The first-order valence-corrected chi connectivity index (χ1v) is 10.8. The first-order chi connectivity index (χ1) is 12.3. The molecule has 0 bridgehead atoms. The number of rotatable bonds is 1. The Hall–Kier alpha value is -0.890. The zero-order valence-electron chi connectivity index (χ0n) is 18.2. The molecular formula is C23H45NO. The van der Waals surface area contributed by atoms with E-state index in [0.717, 1.165) is 18.7 Å². The molecule has 1 saturated carbocycles. The van der Waals surface area contributed by atoms with E-state index in [2.05, 4.69) is 25.8 Å². The van der Waals surface area contributed by atoms with Crippen molar-refractivity contribution < 1.29 is 4.74 Å². The van der Waals surface area contributed by atoms with Crippen LogP contribution in [-0.4, -0.2) is 17.2 Å². The molecule has 2 heteroatoms. The van der Waals surface area contributed by atoms with Crippen LogP contribution < -0.4 is 0 Å². The number of hydrogen-bond donors (Lipinski definition) is 0. The molecule has 148 valence electrons. The third-order valence-electron chi connectivity index (χ3n) is 4.04. The molecule has 1 aromatic rings. The Morgan fingerprint density at radius 3 is 1.76 bits per heavy atom. The molecule has 0 aromatic carbocycles. The summed E-state index contributed by atoms with van der Waals surface area (Å²) in [5.74, 6) is 0. The standard InChI is InChI=1S/C9H16O.C7H9N.C3H8.2C2H6/c1-2-6-9(5-1)7-3-4-8-10-9;1-2-7-5-3-4-6-8-7;1-3-2;2*1-2/h1-8H2;3-6H,2H2,1H3;3H2,1-2H3;2*1-2H3. The molecule has 0 N–H and O–H groups in total. The summed E-state index contributed by atoms with van der Waals surface area (Å²) in [6, 6.07) is 5.96. The van der Waals surface area contributed by atoms with Gasteiger partial charge in [-0.05, 0) is 50.7 Å². The van der Waals surface area contributed by atoms with Gasteiger partial charge in [-0.2, -0.15) is 0 Å². The summed E-state index contributed by atoms with van der Waals surface area (Å²) in [5.41, 5.74) is 1.53. The van der Waals surface area contributed by atoms with Crippen molar-refractivity contribution >= 4 is 0 Å². The zero-order valence-corrected chi connectivity index (χ0v) is 18.2. The Morgan fingerprint density at radius 2 is 1.40 bits per heavy atom. The van der Waals surface area contributed by atoms with Gasteiger partial charge in [0.1, 0.15) is 0 Å². The molecule has 1 saturated heterocycles. The van der Waals surface area contributed by atoms with Crippen LogP contribution in [0.25, 0.3) is 0 Å². The summed E-state index contributed by atoms with van der Waals surface area (Å²) in [6.45, 7) is 15.4. The largest absolute Gasteiger partial charge is 0.375 e. The summed E-state index contributed by atoms with van der Waals surface area (Å²) in [5, 5.41) is 0. The second kappa shape index (κ2) is 19.4. The van der Waals surface area contributed by atoms with Crippen molar-refractivity contribution in [2.24, 2.45) is 0 Å². The van der Waals surface area contributed by atoms with E-state index in [1.165, 1.54) is 51.4 Å². The summed E-state index contributed by atoms with van der Waals surface area (Å²) >= 11 is 0. The Balaban J connectivity index is 0. The number of aryl methyl sites for hydroxylation is 1. The fourth-order valence-corrected chi connectivity index (χ4v) is 2.93. The molecule has 25 heavy (non-hydrogen) atoms. The van der Waals surface area contributed by atoms with Crippen LogP contribution >= 0.6 is 0 Å². The highest BCUT2D eigenvalue weighted by Crippen LogP contribution is 2.39. The van der Waals surface area contributed by atoms with Gasteiger partial charge in [-0.1, -0.05) is 73.8 Å². The maximum Gasteiger partial charge on any atom is 0.0682 e. The molecule has 1 aliphatic heterocycles. The first kappa shape index (κ1) is 26.3. The van der Waals surface area contributed by atoms with E-state index >= 15 is 0 Å². The van der Waals surface area contributed by atoms with Gasteiger partial charge in [-0.25, -0.2) is 0 Å². The topological polar surface area (TPSA) is 22.1 Å². The molecule has 0 unspecified atom stereocenters. The van der Waals surface area contributed by atoms with E-state index < -0.39 is 0 Å². The summed E-state index contributed by atoms with van der Waals surface area (Å²) in [6.07, 6.45) is 13.6. The fourth-order valence-electron chi connectivity index (χ4n) is 2.93. The van der Waals surface area contributed by atoms with Crippen LogP contribution in [0.5, 0.6) is 0 Å². The van der Waals surface area contributed by atoms with Gasteiger partial charge in [-0.15, -0.1) is 0 Å². The number of ether oxygens (including phenoxy) is 1. The Bertz CT molecular complexity index is 336. The molecule has 2 fully saturated rings. The van der Waals surface area contributed by atoms with Crippen molar-refractivity contribution in [2.45, 2.75) is 112 Å². The third kappa shape index (κ3) is 13.0. The minimum atomic E-state index is 0.373. The number of hydrogen-bond acceptors (Lipinski definition) is 2. The van der Waals surface area contributed by atoms with Crippen molar-refractivity contribution in [1.82, 2.24) is 4.98 Å². The van der Waals surface area contributed by atoms with Crippen LogP contribution in [0, 0.1) is 0 Å². The van der Waals surface area contributed by atoms with Crippen LogP contribution in [0.3, 0.4) is 0 Å². The van der Waals surface area contributed by atoms with Gasteiger partial charge in [0.25, 0.3) is 0 Å². The monoisotopic (exact) mass is 351 g/mol. The summed E-state index contributed by atoms with van der Waals surface area (Å²) in [4.78, 5) is 4.10. The molecular weight excluding hydrogens is 306 g/mol. The maximum absolute atomic E-state index is 5.83. The van der Waals surface area contributed by atoms with E-state index in [9.17, 15) is 0 Å². The average Bonchev–Trinajstić information content (AvgIpc) is 3.15. The van der Waals surface area contributed by atoms with Gasteiger partial charge in [-0.3, -0.25) is 4.98 Å². The van der Waals surface area contributed by atoms with Gasteiger partial charge in [0.05, 0.1) is 5.60 Å². The molecule has 1 aliphatic carbocycles. The molecule has 2 heterocycles. The second-order valence-electron chi connectivity index (χ2n) is 6.08. The predicted octanol–water partition coefficient (Wildman–Crippen LogP) is 7.61. The molecule has 2 nitrogen and oxygen atoms in total. The molecule has 2 aliphatic rings. The lowest BCUT2D eigenvalue weighted by Crippen LogP contribution is -2.32. The van der Waals surface area contributed by atoms with Crippen molar-refractivity contribution in [3.63, 3.8) is 0 Å². The second-order valence-corrected chi connectivity index (χ2v) is 6.08. The highest BCUT2D eigenvalue weighted by atomic mass is 16.5. The van der Waals surface area contributed by atoms with Crippen LogP contribution in [-0.2, 0) is 11.2 Å². The van der Waals surface area contributed by atoms with E-state index in [-0.39, 0.29) is 0 Å². The minimum absolute atomic E-state index is 0.373. The van der Waals surface area contributed by atoms with Crippen LogP contribution in [0.15, 0.2) is 24.4 Å². The summed E-state index contributed by atoms with van der Waals surface area (Å²) < 4.78 is 5.83. The van der Waals surface area contributed by atoms with Gasteiger partial charge < -0.3 is 4.74 Å². The first-order valence-electron chi connectivity index (χ1n) is 10.8. The third-order valence-corrected chi connectivity index (χ3v) is 4.04. The van der Waals surface area contributed by atoms with Crippen molar-refractivity contribution in [3.8, 4) is 0 Å². The van der Waals surface area contributed by atoms with Crippen molar-refractivity contribution in [2.75, 3.05) is 6.61 Å². The van der Waals surface area contributed by atoms with Crippen LogP contribution in [0.2, 0.25) is 0 Å². The lowest BCUT2D eigenvalue weighted by molar-refractivity contribution is -0.0728. The van der Waals surface area contributed by atoms with E-state index in [1.54, 1.807) is 0 Å². The average molecular weight is 352 g/mol. The predicted molar refractivity (Wildman–Crippen MR) is 113 cm³/mol. The van der Waals surface area contributed by atoms with E-state index in [1.807, 2.05) is 52.1 Å². The molecule has 0 radical (unpaired) electrons. The van der Waals surface area contributed by atoms with Crippen LogP contribution in [0.4, 0.5) is 0 Å². The molecule has 0 atom stereocenters. The summed E-state index contributed by atoms with van der Waals surface area (Å²) in [7, 11) is 0. The maximum atomic E-state index is 5.83. The Kier molecular flexibility index (Phi) is 20.5. The molecule has 3 rings (SSSR count). The van der Waals surface area contributed by atoms with Gasteiger partial charge in [0.15, 0.2) is 0 Å². The van der Waals surface area contributed by atoms with Gasteiger partial charge in [0, 0.05) is 18.5 Å². The normalized spacial score (nSPS) is 16.6. The minimum Gasteiger partial charge on any atom is -0.375 e. The molecule has 1 spiro atoms. The fraction of sp³-hybridized carbons (Fsp3) is 0.783. The SMILES string of the molecule is C1CCC2(CCCC2)OC1.CC.CC.CCC.CCc1ccccn1. The van der Waals surface area contributed by atoms with Gasteiger partial charge in [0.2, 0.25) is 0 Å². The van der Waals surface area contributed by atoms with E-state index in [0.29, 0.717) is 5.60 Å². The molecule has 1 aromatic heterocycles. The number of pyridine rings is 1. The highest BCUT2D eigenvalue weighted by Gasteiger charge is 2.35. The smallest absolute Gasteiger partial charge is 0.0682 e.